The smallest absolute Gasteiger partial charge is 0.293 e. The fourth-order valence-electron chi connectivity index (χ4n) is 4.38. The monoisotopic (exact) mass is 568 g/mol. The molecule has 10 heteroatoms. The Kier molecular flexibility index (Phi) is 10.1. The number of imide groups is 1. The van der Waals surface area contributed by atoms with Crippen molar-refractivity contribution in [3.05, 3.63) is 58.0 Å². The molecule has 4 rings (SSSR count). The van der Waals surface area contributed by atoms with E-state index in [0.717, 1.165) is 28.6 Å². The molecule has 0 saturated carbocycles. The van der Waals surface area contributed by atoms with E-state index in [0.29, 0.717) is 60.8 Å². The summed E-state index contributed by atoms with van der Waals surface area (Å²) in [6, 6.07) is 11.3. The third-order valence-electron chi connectivity index (χ3n) is 6.52. The second-order valence-electron chi connectivity index (χ2n) is 9.80. The summed E-state index contributed by atoms with van der Waals surface area (Å²) in [4.78, 5) is 41.4. The van der Waals surface area contributed by atoms with E-state index in [-0.39, 0.29) is 36.8 Å². The van der Waals surface area contributed by atoms with Crippen molar-refractivity contribution >= 4 is 34.9 Å². The summed E-state index contributed by atoms with van der Waals surface area (Å²) >= 11 is 0.897. The van der Waals surface area contributed by atoms with Crippen LogP contribution in [0, 0.1) is 6.92 Å². The van der Waals surface area contributed by atoms with Gasteiger partial charge in [0.25, 0.3) is 17.1 Å². The lowest BCUT2D eigenvalue weighted by Gasteiger charge is -2.26. The molecule has 0 unspecified atom stereocenters. The van der Waals surface area contributed by atoms with Crippen molar-refractivity contribution in [1.29, 1.82) is 0 Å². The molecule has 2 aromatic carbocycles. The first kappa shape index (κ1) is 29.5. The van der Waals surface area contributed by atoms with E-state index in [1.54, 1.807) is 29.2 Å². The number of morpholine rings is 1. The van der Waals surface area contributed by atoms with E-state index >= 15 is 0 Å². The standard InChI is InChI=1S/C30H36N2O7S/c1-5-37-26-17-22(7-9-24(26)39-19-28(33)31-10-13-36-14-11-31)18-27-29(34)32(30(35)40-27)12-15-38-25-16-21(4)6-8-23(25)20(2)3/h6-9,16-18,20H,5,10-15,19H2,1-4H3/b27-18-. The number of carbonyl (C=O) groups is 3. The highest BCUT2D eigenvalue weighted by atomic mass is 32.2. The van der Waals surface area contributed by atoms with Crippen molar-refractivity contribution in [1.82, 2.24) is 9.80 Å². The fourth-order valence-corrected chi connectivity index (χ4v) is 5.25. The van der Waals surface area contributed by atoms with Gasteiger partial charge in [0, 0.05) is 13.1 Å². The number of rotatable bonds is 11. The normalized spacial score (nSPS) is 16.7. The maximum atomic E-state index is 13.1. The number of amides is 3. The van der Waals surface area contributed by atoms with Gasteiger partial charge in [-0.2, -0.15) is 0 Å². The van der Waals surface area contributed by atoms with Crippen LogP contribution in [0.15, 0.2) is 41.3 Å². The van der Waals surface area contributed by atoms with Crippen LogP contribution in [-0.2, 0) is 14.3 Å². The number of ether oxygens (including phenoxy) is 4. The number of benzene rings is 2. The zero-order valence-electron chi connectivity index (χ0n) is 23.4. The zero-order chi connectivity index (χ0) is 28.6. The molecule has 40 heavy (non-hydrogen) atoms. The highest BCUT2D eigenvalue weighted by Gasteiger charge is 2.35. The Labute approximate surface area is 239 Å². The summed E-state index contributed by atoms with van der Waals surface area (Å²) in [5.74, 6) is 1.48. The largest absolute Gasteiger partial charge is 0.491 e. The molecule has 0 aliphatic carbocycles. The number of nitrogens with zero attached hydrogens (tertiary/aromatic N) is 2. The molecule has 9 nitrogen and oxygen atoms in total. The van der Waals surface area contributed by atoms with Gasteiger partial charge in [-0.25, -0.2) is 0 Å². The Balaban J connectivity index is 1.39. The van der Waals surface area contributed by atoms with Gasteiger partial charge in [-0.3, -0.25) is 19.3 Å². The van der Waals surface area contributed by atoms with Crippen LogP contribution in [0.3, 0.4) is 0 Å². The van der Waals surface area contributed by atoms with E-state index in [2.05, 4.69) is 13.8 Å². The van der Waals surface area contributed by atoms with Gasteiger partial charge < -0.3 is 23.8 Å². The number of hydrogen-bond donors (Lipinski definition) is 0. The number of aryl methyl sites for hydroxylation is 1. The molecular formula is C30H36N2O7S. The lowest BCUT2D eigenvalue weighted by Crippen LogP contribution is -2.43. The molecule has 214 valence electrons. The molecule has 0 N–H and O–H groups in total. The summed E-state index contributed by atoms with van der Waals surface area (Å²) in [6.45, 7) is 10.8. The van der Waals surface area contributed by atoms with Gasteiger partial charge >= 0.3 is 0 Å². The first-order valence-corrected chi connectivity index (χ1v) is 14.3. The van der Waals surface area contributed by atoms with Crippen molar-refractivity contribution in [2.75, 3.05) is 52.7 Å². The third kappa shape index (κ3) is 7.37. The first-order valence-electron chi connectivity index (χ1n) is 13.5. The topological polar surface area (TPSA) is 94.6 Å². The molecule has 0 spiro atoms. The van der Waals surface area contributed by atoms with E-state index in [1.165, 1.54) is 4.90 Å². The maximum absolute atomic E-state index is 13.1. The minimum atomic E-state index is -0.360. The van der Waals surface area contributed by atoms with E-state index in [1.807, 2.05) is 32.0 Å². The van der Waals surface area contributed by atoms with Gasteiger partial charge in [0.1, 0.15) is 12.4 Å². The van der Waals surface area contributed by atoms with Gasteiger partial charge in [0.05, 0.1) is 31.3 Å². The minimum absolute atomic E-state index is 0.110. The van der Waals surface area contributed by atoms with Gasteiger partial charge in [0.2, 0.25) is 0 Å². The van der Waals surface area contributed by atoms with Crippen LogP contribution < -0.4 is 14.2 Å². The van der Waals surface area contributed by atoms with Crippen LogP contribution in [0.25, 0.3) is 6.08 Å². The van der Waals surface area contributed by atoms with Gasteiger partial charge in [0.15, 0.2) is 18.1 Å². The van der Waals surface area contributed by atoms with E-state index in [4.69, 9.17) is 18.9 Å². The third-order valence-corrected chi connectivity index (χ3v) is 7.42. The molecule has 0 radical (unpaired) electrons. The van der Waals surface area contributed by atoms with Gasteiger partial charge in [-0.15, -0.1) is 0 Å². The molecule has 2 aliphatic rings. The molecular weight excluding hydrogens is 532 g/mol. The highest BCUT2D eigenvalue weighted by Crippen LogP contribution is 2.35. The zero-order valence-corrected chi connectivity index (χ0v) is 24.3. The van der Waals surface area contributed by atoms with E-state index in [9.17, 15) is 14.4 Å². The SMILES string of the molecule is CCOc1cc(/C=C2\SC(=O)N(CCOc3cc(C)ccc3C(C)C)C2=O)ccc1OCC(=O)N1CCOCC1. The lowest BCUT2D eigenvalue weighted by molar-refractivity contribution is -0.137. The van der Waals surface area contributed by atoms with Crippen LogP contribution >= 0.6 is 11.8 Å². The maximum Gasteiger partial charge on any atom is 0.293 e. The minimum Gasteiger partial charge on any atom is -0.491 e. The Bertz CT molecular complexity index is 1270. The quantitative estimate of drug-likeness (QED) is 0.355. The molecule has 2 fully saturated rings. The lowest BCUT2D eigenvalue weighted by atomic mass is 10.0. The van der Waals surface area contributed by atoms with Gasteiger partial charge in [-0.05, 0) is 72.5 Å². The Morgan fingerprint density at radius 2 is 1.80 bits per heavy atom. The summed E-state index contributed by atoms with van der Waals surface area (Å²) < 4.78 is 22.8. The van der Waals surface area contributed by atoms with Crippen LogP contribution in [-0.4, -0.2) is 79.5 Å². The van der Waals surface area contributed by atoms with Crippen LogP contribution in [0.5, 0.6) is 17.2 Å². The number of hydrogen-bond acceptors (Lipinski definition) is 8. The van der Waals surface area contributed by atoms with Crippen molar-refractivity contribution in [2.24, 2.45) is 0 Å². The summed E-state index contributed by atoms with van der Waals surface area (Å²) in [5, 5.41) is -0.334. The van der Waals surface area contributed by atoms with Crippen molar-refractivity contribution in [2.45, 2.75) is 33.6 Å². The molecule has 3 amide bonds. The molecule has 0 atom stereocenters. The van der Waals surface area contributed by atoms with E-state index < -0.39 is 0 Å². The van der Waals surface area contributed by atoms with Crippen LogP contribution in [0.4, 0.5) is 4.79 Å². The van der Waals surface area contributed by atoms with Crippen molar-refractivity contribution in [3.63, 3.8) is 0 Å². The molecule has 2 aliphatic heterocycles. The Hall–Kier alpha value is -3.50. The molecule has 2 aromatic rings. The number of carbonyl (C=O) groups excluding carboxylic acids is 3. The summed E-state index contributed by atoms with van der Waals surface area (Å²) in [6.07, 6.45) is 1.66. The molecule has 0 aromatic heterocycles. The van der Waals surface area contributed by atoms with Crippen LogP contribution in [0.1, 0.15) is 43.4 Å². The summed E-state index contributed by atoms with van der Waals surface area (Å²) in [5.41, 5.74) is 2.85. The Morgan fingerprint density at radius 3 is 2.52 bits per heavy atom. The van der Waals surface area contributed by atoms with Crippen molar-refractivity contribution in [3.8, 4) is 17.2 Å². The van der Waals surface area contributed by atoms with Crippen molar-refractivity contribution < 1.29 is 33.3 Å². The number of thioether (sulfide) groups is 1. The highest BCUT2D eigenvalue weighted by molar-refractivity contribution is 8.18. The summed E-state index contributed by atoms with van der Waals surface area (Å²) in [7, 11) is 0. The van der Waals surface area contributed by atoms with Gasteiger partial charge in [-0.1, -0.05) is 32.0 Å². The predicted octanol–water partition coefficient (Wildman–Crippen LogP) is 4.87. The second-order valence-corrected chi connectivity index (χ2v) is 10.8. The fraction of sp³-hybridized carbons (Fsp3) is 0.433. The molecule has 2 heterocycles. The second kappa shape index (κ2) is 13.7. The predicted molar refractivity (Wildman–Crippen MR) is 154 cm³/mol. The van der Waals surface area contributed by atoms with Crippen LogP contribution in [0.2, 0.25) is 0 Å². The molecule has 2 saturated heterocycles. The Morgan fingerprint density at radius 1 is 1.02 bits per heavy atom. The average Bonchev–Trinajstić information content (AvgIpc) is 3.20. The molecule has 0 bridgehead atoms. The first-order chi connectivity index (χ1) is 19.3. The average molecular weight is 569 g/mol.